The molecule has 34 heavy (non-hydrogen) atoms. The SMILES string of the molecule is CC(C)C(CSP(=O)(OC(C)(C)C)OC(C)(C)C)P(=O)(OC(C)(C)C)SCCN1CCOCC1. The van der Waals surface area contributed by atoms with Crippen LogP contribution in [0.5, 0.6) is 0 Å². The third-order valence-electron chi connectivity index (χ3n) is 4.53. The highest BCUT2D eigenvalue weighted by atomic mass is 32.7. The molecular weight excluding hydrogens is 512 g/mol. The summed E-state index contributed by atoms with van der Waals surface area (Å²) in [4.78, 5) is 2.33. The van der Waals surface area contributed by atoms with Crippen molar-refractivity contribution in [2.45, 2.75) is 98.6 Å². The molecule has 0 bridgehead atoms. The summed E-state index contributed by atoms with van der Waals surface area (Å²) < 4.78 is 51.8. The van der Waals surface area contributed by atoms with Crippen LogP contribution in [-0.2, 0) is 27.4 Å². The van der Waals surface area contributed by atoms with Gasteiger partial charge in [0.2, 0.25) is 0 Å². The summed E-state index contributed by atoms with van der Waals surface area (Å²) in [6.07, 6.45) is 0. The van der Waals surface area contributed by atoms with Gasteiger partial charge in [-0.2, -0.15) is 0 Å². The van der Waals surface area contributed by atoms with E-state index < -0.39 is 30.2 Å². The molecule has 1 rings (SSSR count). The van der Waals surface area contributed by atoms with E-state index >= 15 is 0 Å². The number of ether oxygens (including phenoxy) is 1. The first kappa shape index (κ1) is 33.0. The summed E-state index contributed by atoms with van der Waals surface area (Å²) in [5.74, 6) is 1.13. The van der Waals surface area contributed by atoms with Crippen LogP contribution in [0.25, 0.3) is 0 Å². The molecule has 1 saturated heterocycles. The van der Waals surface area contributed by atoms with Gasteiger partial charge in [-0.3, -0.25) is 18.5 Å². The van der Waals surface area contributed by atoms with Crippen LogP contribution in [0.3, 0.4) is 0 Å². The van der Waals surface area contributed by atoms with Gasteiger partial charge >= 0.3 is 6.80 Å². The molecule has 204 valence electrons. The van der Waals surface area contributed by atoms with Crippen molar-refractivity contribution in [1.82, 2.24) is 4.90 Å². The molecule has 0 radical (unpaired) electrons. The molecule has 1 aliphatic rings. The minimum atomic E-state index is -3.52. The quantitative estimate of drug-likeness (QED) is 0.224. The van der Waals surface area contributed by atoms with Crippen LogP contribution in [0, 0.1) is 5.92 Å². The average molecular weight is 562 g/mol. The fourth-order valence-electron chi connectivity index (χ4n) is 3.25. The predicted molar refractivity (Wildman–Crippen MR) is 149 cm³/mol. The molecule has 0 amide bonds. The van der Waals surface area contributed by atoms with Crippen LogP contribution in [0.2, 0.25) is 0 Å². The van der Waals surface area contributed by atoms with Crippen molar-refractivity contribution in [3.63, 3.8) is 0 Å². The van der Waals surface area contributed by atoms with E-state index in [2.05, 4.69) is 4.90 Å². The molecule has 0 aliphatic carbocycles. The Balaban J connectivity index is 3.08. The molecule has 0 aromatic heterocycles. The van der Waals surface area contributed by atoms with Crippen LogP contribution in [0.4, 0.5) is 0 Å². The van der Waals surface area contributed by atoms with E-state index in [1.54, 1.807) is 0 Å². The van der Waals surface area contributed by atoms with E-state index in [1.807, 2.05) is 76.2 Å². The van der Waals surface area contributed by atoms with Gasteiger partial charge in [-0.1, -0.05) is 25.2 Å². The number of hydrogen-bond acceptors (Lipinski definition) is 9. The summed E-state index contributed by atoms with van der Waals surface area (Å²) in [6.45, 7) is 18.5. The number of rotatable bonds is 12. The highest BCUT2D eigenvalue weighted by Crippen LogP contribution is 2.71. The van der Waals surface area contributed by atoms with E-state index in [1.165, 1.54) is 11.4 Å². The maximum absolute atomic E-state index is 14.4. The molecule has 1 heterocycles. The summed E-state index contributed by atoms with van der Waals surface area (Å²) in [6, 6.07) is 0. The van der Waals surface area contributed by atoms with Gasteiger partial charge in [-0.15, -0.1) is 0 Å². The first-order valence-electron chi connectivity index (χ1n) is 12.1. The van der Waals surface area contributed by atoms with Crippen LogP contribution in [-0.4, -0.2) is 71.7 Å². The maximum atomic E-state index is 14.4. The first-order chi connectivity index (χ1) is 15.2. The zero-order valence-electron chi connectivity index (χ0n) is 23.2. The summed E-state index contributed by atoms with van der Waals surface area (Å²) in [7, 11) is 0. The van der Waals surface area contributed by atoms with Gasteiger partial charge in [-0.25, -0.2) is 4.57 Å². The second-order valence-corrected chi connectivity index (χ2v) is 20.9. The highest BCUT2D eigenvalue weighted by Gasteiger charge is 2.44. The minimum absolute atomic E-state index is 0.0642. The standard InChI is InChI=1S/C23H49NO6P2S2/c1-19(2)20(18-34-32(26,29-22(6,7)8)30-23(9,10)11)31(25,28-21(3,4)5)33-17-14-24-12-15-27-16-13-24/h19-20H,12-18H2,1-11H3. The van der Waals surface area contributed by atoms with E-state index in [4.69, 9.17) is 18.3 Å². The molecule has 0 aromatic rings. The molecule has 2 unspecified atom stereocenters. The summed E-state index contributed by atoms with van der Waals surface area (Å²) in [5, 5.41) is 0. The lowest BCUT2D eigenvalue weighted by Gasteiger charge is -2.36. The molecule has 0 saturated carbocycles. The zero-order valence-corrected chi connectivity index (χ0v) is 26.6. The molecule has 1 fully saturated rings. The Bertz CT molecular complexity index is 690. The third kappa shape index (κ3) is 13.5. The Morgan fingerprint density at radius 2 is 1.29 bits per heavy atom. The van der Waals surface area contributed by atoms with Gasteiger partial charge in [0.1, 0.15) is 0 Å². The van der Waals surface area contributed by atoms with Gasteiger partial charge in [0, 0.05) is 31.1 Å². The molecule has 11 heteroatoms. The molecule has 0 spiro atoms. The van der Waals surface area contributed by atoms with E-state index in [0.29, 0.717) is 11.5 Å². The summed E-state index contributed by atoms with van der Waals surface area (Å²) in [5.41, 5.74) is -2.14. The summed E-state index contributed by atoms with van der Waals surface area (Å²) >= 11 is 2.57. The molecule has 2 atom stereocenters. The van der Waals surface area contributed by atoms with Gasteiger partial charge in [0.15, 0.2) is 0 Å². The average Bonchev–Trinajstić information content (AvgIpc) is 2.57. The van der Waals surface area contributed by atoms with Gasteiger partial charge in [0.25, 0.3) is 6.57 Å². The zero-order chi connectivity index (χ0) is 26.4. The highest BCUT2D eigenvalue weighted by molar-refractivity contribution is 8.58. The maximum Gasteiger partial charge on any atom is 0.390 e. The van der Waals surface area contributed by atoms with Crippen LogP contribution in [0.15, 0.2) is 0 Å². The Hall–Kier alpha value is 0.960. The van der Waals surface area contributed by atoms with Crippen molar-refractivity contribution in [2.75, 3.05) is 44.4 Å². The lowest BCUT2D eigenvalue weighted by atomic mass is 10.1. The normalized spacial score (nSPS) is 19.9. The van der Waals surface area contributed by atoms with Crippen LogP contribution >= 0.6 is 36.1 Å². The van der Waals surface area contributed by atoms with Crippen molar-refractivity contribution >= 4 is 36.1 Å². The topological polar surface area (TPSA) is 74.3 Å². The Kier molecular flexibility index (Phi) is 12.8. The Labute approximate surface area is 217 Å². The van der Waals surface area contributed by atoms with Gasteiger partial charge < -0.3 is 9.26 Å². The van der Waals surface area contributed by atoms with E-state index in [0.717, 1.165) is 44.2 Å². The molecule has 1 aliphatic heterocycles. The van der Waals surface area contributed by atoms with Crippen molar-refractivity contribution in [3.8, 4) is 0 Å². The Morgan fingerprint density at radius 3 is 1.71 bits per heavy atom. The smallest absolute Gasteiger partial charge is 0.379 e. The van der Waals surface area contributed by atoms with Gasteiger partial charge in [-0.05, 0) is 79.6 Å². The molecule has 0 aromatic carbocycles. The first-order valence-corrected chi connectivity index (χ1v) is 18.6. The Morgan fingerprint density at radius 1 is 0.824 bits per heavy atom. The lowest BCUT2D eigenvalue weighted by Crippen LogP contribution is -2.37. The number of nitrogens with zero attached hydrogens (tertiary/aromatic N) is 1. The van der Waals surface area contributed by atoms with Crippen LogP contribution in [0.1, 0.15) is 76.2 Å². The fourth-order valence-corrected chi connectivity index (χ4v) is 15.6. The fraction of sp³-hybridized carbons (Fsp3) is 1.00. The molecule has 0 N–H and O–H groups in total. The lowest BCUT2D eigenvalue weighted by molar-refractivity contribution is 0.0410. The van der Waals surface area contributed by atoms with E-state index in [9.17, 15) is 9.13 Å². The largest absolute Gasteiger partial charge is 0.390 e. The van der Waals surface area contributed by atoms with Crippen molar-refractivity contribution < 1.29 is 27.4 Å². The van der Waals surface area contributed by atoms with Crippen LogP contribution < -0.4 is 0 Å². The van der Waals surface area contributed by atoms with Gasteiger partial charge in [0.05, 0.1) is 35.7 Å². The second-order valence-electron chi connectivity index (χ2n) is 12.0. The monoisotopic (exact) mass is 561 g/mol. The minimum Gasteiger partial charge on any atom is -0.379 e. The molecule has 7 nitrogen and oxygen atoms in total. The second kappa shape index (κ2) is 13.2. The number of morpholine rings is 1. The van der Waals surface area contributed by atoms with Crippen molar-refractivity contribution in [3.05, 3.63) is 0 Å². The molecular formula is C23H49NO6P2S2. The number of hydrogen-bond donors (Lipinski definition) is 0. The van der Waals surface area contributed by atoms with Crippen molar-refractivity contribution in [2.24, 2.45) is 5.92 Å². The predicted octanol–water partition coefficient (Wildman–Crippen LogP) is 7.56. The van der Waals surface area contributed by atoms with E-state index in [-0.39, 0.29) is 11.6 Å². The van der Waals surface area contributed by atoms with Crippen molar-refractivity contribution in [1.29, 1.82) is 0 Å². The third-order valence-corrected chi connectivity index (χ3v) is 14.8.